The average molecular weight is 245 g/mol. The quantitative estimate of drug-likeness (QED) is 0.827. The van der Waals surface area contributed by atoms with Crippen molar-refractivity contribution in [2.45, 2.75) is 4.90 Å². The summed E-state index contributed by atoms with van der Waals surface area (Å²) in [5, 5.41) is 9.48. The van der Waals surface area contributed by atoms with Gasteiger partial charge in [0, 0.05) is 20.7 Å². The lowest BCUT2D eigenvalue weighted by molar-refractivity contribution is 0.185. The van der Waals surface area contributed by atoms with Crippen LogP contribution in [0, 0.1) is 0 Å². The van der Waals surface area contributed by atoms with Crippen LogP contribution in [0.2, 0.25) is 0 Å². The number of hydrogen-bond acceptors (Lipinski definition) is 4. The van der Waals surface area contributed by atoms with Gasteiger partial charge in [-0.1, -0.05) is 12.1 Å². The van der Waals surface area contributed by atoms with Gasteiger partial charge in [0.1, 0.15) is 10.6 Å². The Labute approximate surface area is 95.3 Å². The molecule has 0 radical (unpaired) electrons. The van der Waals surface area contributed by atoms with E-state index >= 15 is 0 Å². The van der Waals surface area contributed by atoms with E-state index in [-0.39, 0.29) is 17.2 Å². The number of rotatable bonds is 5. The third-order valence-corrected chi connectivity index (χ3v) is 4.07. The van der Waals surface area contributed by atoms with Gasteiger partial charge in [0.25, 0.3) is 0 Å². The molecule has 1 N–H and O–H groups in total. The highest BCUT2D eigenvalue weighted by molar-refractivity contribution is 7.89. The third kappa shape index (κ3) is 2.72. The zero-order chi connectivity index (χ0) is 12.2. The van der Waals surface area contributed by atoms with Gasteiger partial charge in [-0.05, 0) is 12.1 Å². The van der Waals surface area contributed by atoms with Gasteiger partial charge in [-0.25, -0.2) is 8.42 Å². The second-order valence-corrected chi connectivity index (χ2v) is 5.30. The number of likely N-dealkylation sites (N-methyl/N-ethyl adjacent to an activating group) is 1. The molecule has 90 valence electrons. The second-order valence-electron chi connectivity index (χ2n) is 3.29. The highest BCUT2D eigenvalue weighted by atomic mass is 32.2. The molecule has 0 aliphatic carbocycles. The molecule has 0 bridgehead atoms. The molecule has 1 rings (SSSR count). The lowest BCUT2D eigenvalue weighted by Crippen LogP contribution is -2.30. The predicted octanol–water partition coefficient (Wildman–Crippen LogP) is 0.659. The molecular weight excluding hydrogens is 230 g/mol. The fourth-order valence-corrected chi connectivity index (χ4v) is 2.42. The Morgan fingerprint density at radius 2 is 2.00 bits per heavy atom. The van der Waals surface area contributed by atoms with Crippen LogP contribution >= 0.6 is 0 Å². The van der Waals surface area contributed by atoms with Gasteiger partial charge in [0.15, 0.2) is 0 Å². The fourth-order valence-electron chi connectivity index (χ4n) is 1.18. The molecule has 1 aromatic rings. The Balaban J connectivity index is 2.98. The van der Waals surface area contributed by atoms with E-state index in [9.17, 15) is 13.5 Å². The topological polar surface area (TPSA) is 66.8 Å². The minimum atomic E-state index is -3.64. The van der Waals surface area contributed by atoms with Crippen molar-refractivity contribution >= 4 is 10.0 Å². The van der Waals surface area contributed by atoms with Crippen molar-refractivity contribution in [2.24, 2.45) is 0 Å². The van der Waals surface area contributed by atoms with E-state index in [2.05, 4.69) is 0 Å². The summed E-state index contributed by atoms with van der Waals surface area (Å²) in [5.74, 6) is -0.244. The Bertz CT molecular complexity index is 444. The standard InChI is InChI=1S/C10H15NO4S/c1-11(7-8-15-2)16(13,14)10-6-4-3-5-9(10)12/h3-6,12H,7-8H2,1-2H3. The maximum atomic E-state index is 12.0. The van der Waals surface area contributed by atoms with Crippen LogP contribution in [0.3, 0.4) is 0 Å². The number of benzene rings is 1. The zero-order valence-corrected chi connectivity index (χ0v) is 10.1. The zero-order valence-electron chi connectivity index (χ0n) is 9.25. The third-order valence-electron chi connectivity index (χ3n) is 2.16. The summed E-state index contributed by atoms with van der Waals surface area (Å²) >= 11 is 0. The number of phenolic OH excluding ortho intramolecular Hbond substituents is 1. The molecule has 0 atom stereocenters. The molecule has 0 aromatic heterocycles. The molecule has 0 heterocycles. The first-order chi connectivity index (χ1) is 7.50. The molecule has 16 heavy (non-hydrogen) atoms. The first-order valence-corrected chi connectivity index (χ1v) is 6.17. The first kappa shape index (κ1) is 13.0. The van der Waals surface area contributed by atoms with Gasteiger partial charge in [0.05, 0.1) is 6.61 Å². The van der Waals surface area contributed by atoms with Crippen LogP contribution in [-0.2, 0) is 14.8 Å². The maximum Gasteiger partial charge on any atom is 0.246 e. The fraction of sp³-hybridized carbons (Fsp3) is 0.400. The van der Waals surface area contributed by atoms with Crippen LogP contribution < -0.4 is 0 Å². The van der Waals surface area contributed by atoms with Gasteiger partial charge < -0.3 is 9.84 Å². The number of nitrogens with zero attached hydrogens (tertiary/aromatic N) is 1. The summed E-state index contributed by atoms with van der Waals surface area (Å²) in [6.45, 7) is 0.552. The molecule has 0 amide bonds. The second kappa shape index (κ2) is 5.29. The van der Waals surface area contributed by atoms with Crippen LogP contribution in [-0.4, -0.2) is 45.1 Å². The number of hydrogen-bond donors (Lipinski definition) is 1. The first-order valence-electron chi connectivity index (χ1n) is 4.73. The van der Waals surface area contributed by atoms with Crippen molar-refractivity contribution in [3.8, 4) is 5.75 Å². The molecule has 0 spiro atoms. The van der Waals surface area contributed by atoms with Crippen molar-refractivity contribution in [1.29, 1.82) is 0 Å². The normalized spacial score (nSPS) is 11.9. The number of methoxy groups -OCH3 is 1. The van der Waals surface area contributed by atoms with E-state index in [4.69, 9.17) is 4.74 Å². The van der Waals surface area contributed by atoms with E-state index in [1.165, 1.54) is 26.3 Å². The van der Waals surface area contributed by atoms with Gasteiger partial charge in [0.2, 0.25) is 10.0 Å². The Morgan fingerprint density at radius 3 is 2.56 bits per heavy atom. The highest BCUT2D eigenvalue weighted by Gasteiger charge is 2.23. The number of ether oxygens (including phenoxy) is 1. The molecule has 0 aliphatic rings. The average Bonchev–Trinajstić information content (AvgIpc) is 2.26. The lowest BCUT2D eigenvalue weighted by atomic mass is 10.3. The summed E-state index contributed by atoms with van der Waals surface area (Å²) in [4.78, 5) is -0.0893. The number of phenols is 1. The molecule has 6 heteroatoms. The molecule has 0 saturated carbocycles. The van der Waals surface area contributed by atoms with Crippen LogP contribution in [0.5, 0.6) is 5.75 Å². The van der Waals surface area contributed by atoms with Crippen LogP contribution in [0.25, 0.3) is 0 Å². The van der Waals surface area contributed by atoms with Crippen molar-refractivity contribution < 1.29 is 18.3 Å². The number of aromatic hydroxyl groups is 1. The van der Waals surface area contributed by atoms with E-state index in [0.29, 0.717) is 6.61 Å². The monoisotopic (exact) mass is 245 g/mol. The van der Waals surface area contributed by atoms with Gasteiger partial charge in [-0.3, -0.25) is 0 Å². The Hall–Kier alpha value is -1.11. The maximum absolute atomic E-state index is 12.0. The van der Waals surface area contributed by atoms with Gasteiger partial charge >= 0.3 is 0 Å². The van der Waals surface area contributed by atoms with Gasteiger partial charge in [-0.15, -0.1) is 0 Å². The molecule has 0 saturated heterocycles. The molecule has 0 fully saturated rings. The van der Waals surface area contributed by atoms with Crippen molar-refractivity contribution in [2.75, 3.05) is 27.3 Å². The smallest absolute Gasteiger partial charge is 0.246 e. The van der Waals surface area contributed by atoms with E-state index < -0.39 is 10.0 Å². The van der Waals surface area contributed by atoms with E-state index in [1.54, 1.807) is 12.1 Å². The van der Waals surface area contributed by atoms with Crippen molar-refractivity contribution in [1.82, 2.24) is 4.31 Å². The van der Waals surface area contributed by atoms with Crippen LogP contribution in [0.15, 0.2) is 29.2 Å². The summed E-state index contributed by atoms with van der Waals surface area (Å²) < 4.78 is 29.9. The van der Waals surface area contributed by atoms with Gasteiger partial charge in [-0.2, -0.15) is 4.31 Å². The molecule has 0 aliphatic heterocycles. The molecule has 5 nitrogen and oxygen atoms in total. The highest BCUT2D eigenvalue weighted by Crippen LogP contribution is 2.23. The molecular formula is C10H15NO4S. The van der Waals surface area contributed by atoms with Crippen LogP contribution in [0.1, 0.15) is 0 Å². The summed E-state index contributed by atoms with van der Waals surface area (Å²) in [6, 6.07) is 5.85. The summed E-state index contributed by atoms with van der Waals surface area (Å²) in [7, 11) is -0.693. The predicted molar refractivity (Wildman–Crippen MR) is 59.8 cm³/mol. The summed E-state index contributed by atoms with van der Waals surface area (Å²) in [6.07, 6.45) is 0. The largest absolute Gasteiger partial charge is 0.507 e. The van der Waals surface area contributed by atoms with Crippen molar-refractivity contribution in [3.63, 3.8) is 0 Å². The van der Waals surface area contributed by atoms with E-state index in [1.807, 2.05) is 0 Å². The lowest BCUT2D eigenvalue weighted by Gasteiger charge is -2.17. The van der Waals surface area contributed by atoms with Crippen molar-refractivity contribution in [3.05, 3.63) is 24.3 Å². The minimum Gasteiger partial charge on any atom is -0.507 e. The Morgan fingerprint density at radius 1 is 1.38 bits per heavy atom. The van der Waals surface area contributed by atoms with Crippen LogP contribution in [0.4, 0.5) is 0 Å². The van der Waals surface area contributed by atoms with E-state index in [0.717, 1.165) is 4.31 Å². The number of sulfonamides is 1. The molecule has 0 unspecified atom stereocenters. The minimum absolute atomic E-state index is 0.0893. The number of para-hydroxylation sites is 1. The summed E-state index contributed by atoms with van der Waals surface area (Å²) in [5.41, 5.74) is 0. The Kier molecular flexibility index (Phi) is 4.28. The molecule has 1 aromatic carbocycles. The SMILES string of the molecule is COCCN(C)S(=O)(=O)c1ccccc1O.